The zero-order valence-electron chi connectivity index (χ0n) is 11.3. The van der Waals surface area contributed by atoms with Crippen LogP contribution in [0.25, 0.3) is 6.08 Å². The van der Waals surface area contributed by atoms with Gasteiger partial charge in [-0.1, -0.05) is 18.1 Å². The summed E-state index contributed by atoms with van der Waals surface area (Å²) in [6, 6.07) is 6.78. The molecule has 1 aromatic rings. The molecule has 0 unspecified atom stereocenters. The van der Waals surface area contributed by atoms with Gasteiger partial charge in [-0.15, -0.1) is 6.42 Å². The molecule has 1 fully saturated rings. The third-order valence-corrected chi connectivity index (χ3v) is 3.57. The van der Waals surface area contributed by atoms with E-state index in [1.807, 2.05) is 0 Å². The highest BCUT2D eigenvalue weighted by Crippen LogP contribution is 2.32. The Balaban J connectivity index is 2.13. The first-order chi connectivity index (χ1) is 10.5. The summed E-state index contributed by atoms with van der Waals surface area (Å²) in [7, 11) is 0. The van der Waals surface area contributed by atoms with Gasteiger partial charge >= 0.3 is 5.97 Å². The molecule has 0 aliphatic carbocycles. The van der Waals surface area contributed by atoms with Crippen molar-refractivity contribution in [1.29, 1.82) is 0 Å². The summed E-state index contributed by atoms with van der Waals surface area (Å²) in [6.07, 6.45) is 6.61. The number of carbonyl (C=O) groups excluding carboxylic acids is 2. The summed E-state index contributed by atoms with van der Waals surface area (Å²) >= 11 is 0.714. The van der Waals surface area contributed by atoms with Crippen molar-refractivity contribution in [3.8, 4) is 18.1 Å². The number of carbonyl (C=O) groups is 3. The molecule has 0 saturated carbocycles. The number of amides is 2. The maximum Gasteiger partial charge on any atom is 0.323 e. The second kappa shape index (κ2) is 6.83. The molecule has 1 aliphatic heterocycles. The molecule has 22 heavy (non-hydrogen) atoms. The van der Waals surface area contributed by atoms with Gasteiger partial charge in [0.1, 0.15) is 18.9 Å². The van der Waals surface area contributed by atoms with Gasteiger partial charge < -0.3 is 9.84 Å². The number of terminal acetylenes is 1. The number of hydrogen-bond donors (Lipinski definition) is 1. The number of thioether (sulfide) groups is 1. The molecule has 7 heteroatoms. The van der Waals surface area contributed by atoms with Crippen LogP contribution in [0.4, 0.5) is 4.79 Å². The third-order valence-electron chi connectivity index (χ3n) is 2.67. The Hall–Kier alpha value is -2.72. The second-order valence-corrected chi connectivity index (χ2v) is 5.22. The van der Waals surface area contributed by atoms with E-state index < -0.39 is 23.7 Å². The van der Waals surface area contributed by atoms with Crippen molar-refractivity contribution in [3.05, 3.63) is 34.7 Å². The minimum Gasteiger partial charge on any atom is -0.481 e. The molecule has 1 N–H and O–H groups in total. The average molecular weight is 317 g/mol. The Labute approximate surface area is 130 Å². The quantitative estimate of drug-likeness (QED) is 0.659. The summed E-state index contributed by atoms with van der Waals surface area (Å²) in [4.78, 5) is 35.1. The zero-order chi connectivity index (χ0) is 16.1. The fraction of sp³-hybridized carbons (Fsp3) is 0.133. The molecule has 0 radical (unpaired) electrons. The molecule has 2 rings (SSSR count). The number of carboxylic acid groups (broad SMARTS) is 1. The molecule has 112 valence electrons. The van der Waals surface area contributed by atoms with E-state index in [-0.39, 0.29) is 11.5 Å². The van der Waals surface area contributed by atoms with Gasteiger partial charge in [0.2, 0.25) is 0 Å². The number of nitrogens with zero attached hydrogens (tertiary/aromatic N) is 1. The van der Waals surface area contributed by atoms with E-state index in [0.29, 0.717) is 28.0 Å². The molecule has 0 aromatic heterocycles. The van der Waals surface area contributed by atoms with Crippen LogP contribution in [-0.2, 0) is 9.59 Å². The van der Waals surface area contributed by atoms with Gasteiger partial charge in [0.15, 0.2) is 0 Å². The lowest BCUT2D eigenvalue weighted by Gasteiger charge is -2.07. The van der Waals surface area contributed by atoms with E-state index in [2.05, 4.69) is 5.92 Å². The summed E-state index contributed by atoms with van der Waals surface area (Å²) in [6.45, 7) is -0.478. The molecule has 6 nitrogen and oxygen atoms in total. The van der Waals surface area contributed by atoms with Gasteiger partial charge in [0.25, 0.3) is 11.1 Å². The van der Waals surface area contributed by atoms with Crippen molar-refractivity contribution in [3.63, 3.8) is 0 Å². The SMILES string of the molecule is C#CCOc1ccc(/C=C2/SC(=O)N(CC(=O)O)C2=O)cc1. The summed E-state index contributed by atoms with van der Waals surface area (Å²) in [5.41, 5.74) is 0.689. The number of benzene rings is 1. The minimum atomic E-state index is -1.24. The normalized spacial score (nSPS) is 16.0. The number of imide groups is 1. The van der Waals surface area contributed by atoms with Crippen molar-refractivity contribution in [1.82, 2.24) is 4.90 Å². The van der Waals surface area contributed by atoms with Crippen LogP contribution in [0, 0.1) is 12.3 Å². The molecular weight excluding hydrogens is 306 g/mol. The lowest BCUT2D eigenvalue weighted by Crippen LogP contribution is -2.33. The lowest BCUT2D eigenvalue weighted by atomic mass is 10.2. The van der Waals surface area contributed by atoms with Gasteiger partial charge in [-0.25, -0.2) is 0 Å². The van der Waals surface area contributed by atoms with Crippen LogP contribution in [0.3, 0.4) is 0 Å². The lowest BCUT2D eigenvalue weighted by molar-refractivity contribution is -0.140. The molecule has 1 aromatic carbocycles. The van der Waals surface area contributed by atoms with Gasteiger partial charge in [-0.3, -0.25) is 19.3 Å². The van der Waals surface area contributed by atoms with Gasteiger partial charge in [0, 0.05) is 0 Å². The van der Waals surface area contributed by atoms with Crippen LogP contribution < -0.4 is 4.74 Å². The maximum atomic E-state index is 12.0. The van der Waals surface area contributed by atoms with Crippen LogP contribution >= 0.6 is 11.8 Å². The number of hydrogen-bond acceptors (Lipinski definition) is 5. The molecule has 1 heterocycles. The van der Waals surface area contributed by atoms with Crippen molar-refractivity contribution in [2.75, 3.05) is 13.2 Å². The van der Waals surface area contributed by atoms with Crippen molar-refractivity contribution >= 4 is 35.0 Å². The number of carboxylic acids is 1. The summed E-state index contributed by atoms with van der Waals surface area (Å²) in [5, 5.41) is 8.09. The van der Waals surface area contributed by atoms with Gasteiger partial charge in [-0.05, 0) is 35.5 Å². The zero-order valence-corrected chi connectivity index (χ0v) is 12.1. The van der Waals surface area contributed by atoms with E-state index in [4.69, 9.17) is 16.3 Å². The Bertz CT molecular complexity index is 687. The first kappa shape index (κ1) is 15.7. The fourth-order valence-corrected chi connectivity index (χ4v) is 2.55. The monoisotopic (exact) mass is 317 g/mol. The topological polar surface area (TPSA) is 83.9 Å². The standard InChI is InChI=1S/C15H11NO5S/c1-2-7-21-11-5-3-10(4-6-11)8-12-14(19)16(9-13(17)18)15(20)22-12/h1,3-6,8H,7,9H2,(H,17,18)/b12-8+. The highest BCUT2D eigenvalue weighted by atomic mass is 32.2. The molecule has 0 bridgehead atoms. The Morgan fingerprint density at radius 1 is 1.36 bits per heavy atom. The molecule has 2 amide bonds. The first-order valence-electron chi connectivity index (χ1n) is 6.14. The third kappa shape index (κ3) is 3.68. The van der Waals surface area contributed by atoms with Crippen molar-refractivity contribution < 1.29 is 24.2 Å². The summed E-state index contributed by atoms with van der Waals surface area (Å²) in [5.74, 6) is 1.10. The van der Waals surface area contributed by atoms with Crippen LogP contribution in [0.15, 0.2) is 29.2 Å². The van der Waals surface area contributed by atoms with Crippen LogP contribution in [0.2, 0.25) is 0 Å². The highest BCUT2D eigenvalue weighted by molar-refractivity contribution is 8.18. The number of aliphatic carboxylic acids is 1. The predicted molar refractivity (Wildman–Crippen MR) is 81.1 cm³/mol. The van der Waals surface area contributed by atoms with Gasteiger partial charge in [0.05, 0.1) is 4.91 Å². The number of ether oxygens (including phenoxy) is 1. The second-order valence-electron chi connectivity index (χ2n) is 4.22. The minimum absolute atomic E-state index is 0.160. The van der Waals surface area contributed by atoms with E-state index in [1.165, 1.54) is 6.08 Å². The largest absolute Gasteiger partial charge is 0.481 e. The van der Waals surface area contributed by atoms with E-state index in [0.717, 1.165) is 0 Å². The molecule has 1 aliphatic rings. The highest BCUT2D eigenvalue weighted by Gasteiger charge is 2.36. The van der Waals surface area contributed by atoms with E-state index >= 15 is 0 Å². The Morgan fingerprint density at radius 3 is 2.64 bits per heavy atom. The molecule has 0 atom stereocenters. The molecule has 1 saturated heterocycles. The van der Waals surface area contributed by atoms with Crippen LogP contribution in [0.5, 0.6) is 5.75 Å². The fourth-order valence-electron chi connectivity index (χ4n) is 1.71. The Kier molecular flexibility index (Phi) is 4.86. The average Bonchev–Trinajstić information content (AvgIpc) is 2.74. The Morgan fingerprint density at radius 2 is 2.05 bits per heavy atom. The predicted octanol–water partition coefficient (Wildman–Crippen LogP) is 1.82. The number of rotatable bonds is 5. The molecular formula is C15H11NO5S. The van der Waals surface area contributed by atoms with Crippen LogP contribution in [0.1, 0.15) is 5.56 Å². The van der Waals surface area contributed by atoms with Crippen molar-refractivity contribution in [2.45, 2.75) is 0 Å². The van der Waals surface area contributed by atoms with Gasteiger partial charge in [-0.2, -0.15) is 0 Å². The van der Waals surface area contributed by atoms with E-state index in [1.54, 1.807) is 24.3 Å². The maximum absolute atomic E-state index is 12.0. The van der Waals surface area contributed by atoms with Crippen LogP contribution in [-0.4, -0.2) is 40.3 Å². The summed E-state index contributed by atoms with van der Waals surface area (Å²) < 4.78 is 5.22. The molecule has 0 spiro atoms. The van der Waals surface area contributed by atoms with Crippen molar-refractivity contribution in [2.24, 2.45) is 0 Å². The first-order valence-corrected chi connectivity index (χ1v) is 6.96. The van der Waals surface area contributed by atoms with E-state index in [9.17, 15) is 14.4 Å². The smallest absolute Gasteiger partial charge is 0.323 e.